The number of benzene rings is 2. The van der Waals surface area contributed by atoms with Crippen molar-refractivity contribution in [3.63, 3.8) is 0 Å². The number of rotatable bonds is 4. The van der Waals surface area contributed by atoms with Crippen LogP contribution < -0.4 is 16.0 Å². The van der Waals surface area contributed by atoms with Crippen LogP contribution in [0.5, 0.6) is 0 Å². The quantitative estimate of drug-likeness (QED) is 0.407. The lowest BCUT2D eigenvalue weighted by Crippen LogP contribution is -2.50. The molecule has 0 unspecified atom stereocenters. The van der Waals surface area contributed by atoms with Gasteiger partial charge in [0, 0.05) is 33.7 Å². The van der Waals surface area contributed by atoms with E-state index in [1.807, 2.05) is 6.07 Å². The molecule has 0 bridgehead atoms. The molecule has 5 rings (SSSR count). The van der Waals surface area contributed by atoms with Gasteiger partial charge in [-0.15, -0.1) is 0 Å². The van der Waals surface area contributed by atoms with Gasteiger partial charge in [0.2, 0.25) is 11.8 Å². The van der Waals surface area contributed by atoms with Crippen LogP contribution in [-0.4, -0.2) is 41.2 Å². The summed E-state index contributed by atoms with van der Waals surface area (Å²) in [7, 11) is 0. The molecule has 204 valence electrons. The Morgan fingerprint density at radius 3 is 2.42 bits per heavy atom. The smallest absolute Gasteiger partial charge is 0.238 e. The first-order valence-electron chi connectivity index (χ1n) is 13.2. The molecule has 4 N–H and O–H groups in total. The number of aliphatic hydroxyl groups excluding tert-OH is 1. The Hall–Kier alpha value is -2.19. The molecule has 0 radical (unpaired) electrons. The average molecular weight is 563 g/mol. The van der Waals surface area contributed by atoms with E-state index in [4.69, 9.17) is 23.2 Å². The van der Waals surface area contributed by atoms with Crippen molar-refractivity contribution in [2.45, 2.75) is 88.4 Å². The average Bonchev–Trinajstić information content (AvgIpc) is 3.29. The standard InChI is InChI=1S/C29H34Cl2FN3O3/c1-28(2,3)14-23-29(20-11-5-16(31)13-22(20)34-27(29)38)24(19-10-4-15(30)12-21(19)32)25(35-23)26(37)33-17-6-8-18(36)9-7-17/h4-5,10-13,17-18,23-25,35-36H,6-9,14H2,1-3H3,(H,33,37)(H,34,38)/t17?,18?,23-,24-,25+,29+/m0/s1. The molecule has 2 aromatic carbocycles. The fourth-order valence-corrected chi connectivity index (χ4v) is 6.99. The van der Waals surface area contributed by atoms with Crippen LogP contribution in [-0.2, 0) is 15.0 Å². The number of hydrogen-bond donors (Lipinski definition) is 4. The molecular formula is C29H34Cl2FN3O3. The van der Waals surface area contributed by atoms with E-state index in [1.165, 1.54) is 6.07 Å². The summed E-state index contributed by atoms with van der Waals surface area (Å²) in [6.45, 7) is 6.24. The summed E-state index contributed by atoms with van der Waals surface area (Å²) in [5, 5.41) is 20.2. The lowest BCUT2D eigenvalue weighted by atomic mass is 9.62. The van der Waals surface area contributed by atoms with Gasteiger partial charge in [-0.3, -0.25) is 9.59 Å². The minimum absolute atomic E-state index is 0.0930. The number of fused-ring (bicyclic) bond motifs is 2. The van der Waals surface area contributed by atoms with Crippen molar-refractivity contribution < 1.29 is 19.1 Å². The van der Waals surface area contributed by atoms with Crippen molar-refractivity contribution in [2.24, 2.45) is 5.41 Å². The molecule has 0 aromatic heterocycles. The van der Waals surface area contributed by atoms with E-state index in [-0.39, 0.29) is 40.0 Å². The van der Waals surface area contributed by atoms with Crippen LogP contribution in [0.25, 0.3) is 0 Å². The Morgan fingerprint density at radius 2 is 1.76 bits per heavy atom. The molecule has 2 heterocycles. The zero-order valence-electron chi connectivity index (χ0n) is 21.8. The molecule has 38 heavy (non-hydrogen) atoms. The van der Waals surface area contributed by atoms with Crippen LogP contribution in [0.3, 0.4) is 0 Å². The molecule has 3 aliphatic rings. The summed E-state index contributed by atoms with van der Waals surface area (Å²) in [4.78, 5) is 28.1. The number of halogens is 3. The molecule has 1 saturated carbocycles. The second-order valence-corrected chi connectivity index (χ2v) is 13.0. The van der Waals surface area contributed by atoms with Gasteiger partial charge in [0.15, 0.2) is 0 Å². The molecule has 9 heteroatoms. The molecule has 2 fully saturated rings. The third-order valence-corrected chi connectivity index (χ3v) is 8.72. The first-order chi connectivity index (χ1) is 17.9. The largest absolute Gasteiger partial charge is 0.393 e. The zero-order chi connectivity index (χ0) is 27.4. The summed E-state index contributed by atoms with van der Waals surface area (Å²) < 4.78 is 15.7. The van der Waals surface area contributed by atoms with Crippen LogP contribution in [0.4, 0.5) is 10.1 Å². The Bertz CT molecular complexity index is 1260. The number of aliphatic hydroxyl groups is 1. The zero-order valence-corrected chi connectivity index (χ0v) is 23.3. The van der Waals surface area contributed by atoms with E-state index in [9.17, 15) is 14.7 Å². The lowest BCUT2D eigenvalue weighted by molar-refractivity contribution is -0.124. The number of anilines is 1. The maximum absolute atomic E-state index is 15.7. The number of carbonyl (C=O) groups is 2. The second-order valence-electron chi connectivity index (χ2n) is 12.1. The number of hydrogen-bond acceptors (Lipinski definition) is 4. The summed E-state index contributed by atoms with van der Waals surface area (Å²) in [6.07, 6.45) is 2.77. The molecule has 2 aliphatic heterocycles. The molecule has 1 saturated heterocycles. The van der Waals surface area contributed by atoms with E-state index in [0.717, 1.165) is 0 Å². The number of amides is 2. The van der Waals surface area contributed by atoms with Gasteiger partial charge in [0.25, 0.3) is 0 Å². The first-order valence-corrected chi connectivity index (χ1v) is 14.0. The van der Waals surface area contributed by atoms with Gasteiger partial charge >= 0.3 is 0 Å². The first kappa shape index (κ1) is 27.4. The van der Waals surface area contributed by atoms with Crippen molar-refractivity contribution in [3.05, 3.63) is 63.4 Å². The Kier molecular flexibility index (Phi) is 7.27. The van der Waals surface area contributed by atoms with Crippen LogP contribution >= 0.6 is 23.2 Å². The van der Waals surface area contributed by atoms with Crippen molar-refractivity contribution in [2.75, 3.05) is 5.32 Å². The van der Waals surface area contributed by atoms with Crippen molar-refractivity contribution in [1.82, 2.24) is 10.6 Å². The molecule has 6 nitrogen and oxygen atoms in total. The van der Waals surface area contributed by atoms with Gasteiger partial charge in [-0.2, -0.15) is 0 Å². The lowest BCUT2D eigenvalue weighted by Gasteiger charge is -2.37. The van der Waals surface area contributed by atoms with E-state index >= 15 is 4.39 Å². The molecule has 2 amide bonds. The normalized spacial score (nSPS) is 30.8. The summed E-state index contributed by atoms with van der Waals surface area (Å²) in [5.74, 6) is -1.97. The van der Waals surface area contributed by atoms with Gasteiger partial charge < -0.3 is 21.1 Å². The molecule has 1 aliphatic carbocycles. The SMILES string of the molecule is CC(C)(C)C[C@@H]1N[C@@H](C(=O)NC2CCC(O)CC2)[C@H](c2ccc(Cl)cc2F)[C@]12C(=O)Nc1cc(Cl)ccc12. The highest BCUT2D eigenvalue weighted by atomic mass is 35.5. The van der Waals surface area contributed by atoms with Crippen LogP contribution in [0, 0.1) is 11.2 Å². The van der Waals surface area contributed by atoms with Crippen LogP contribution in [0.15, 0.2) is 36.4 Å². The van der Waals surface area contributed by atoms with Gasteiger partial charge in [-0.1, -0.05) is 56.1 Å². The number of carbonyl (C=O) groups excluding carboxylic acids is 2. The third-order valence-electron chi connectivity index (χ3n) is 8.25. The van der Waals surface area contributed by atoms with E-state index in [2.05, 4.69) is 36.7 Å². The van der Waals surface area contributed by atoms with Gasteiger partial charge in [0.1, 0.15) is 11.2 Å². The Labute approximate surface area is 232 Å². The van der Waals surface area contributed by atoms with E-state index in [1.54, 1.807) is 24.3 Å². The van der Waals surface area contributed by atoms with Crippen molar-refractivity contribution in [1.29, 1.82) is 0 Å². The van der Waals surface area contributed by atoms with Crippen LogP contribution in [0.1, 0.15) is 69.9 Å². The molecule has 2 aromatic rings. The minimum Gasteiger partial charge on any atom is -0.393 e. The predicted octanol–water partition coefficient (Wildman–Crippen LogP) is 5.30. The predicted molar refractivity (Wildman–Crippen MR) is 147 cm³/mol. The van der Waals surface area contributed by atoms with Gasteiger partial charge in [-0.05, 0) is 72.9 Å². The summed E-state index contributed by atoms with van der Waals surface area (Å²) >= 11 is 12.4. The number of nitrogens with one attached hydrogen (secondary N) is 3. The van der Waals surface area contributed by atoms with E-state index < -0.39 is 29.2 Å². The topological polar surface area (TPSA) is 90.5 Å². The monoisotopic (exact) mass is 561 g/mol. The highest BCUT2D eigenvalue weighted by Gasteiger charge is 2.66. The Balaban J connectivity index is 1.66. The van der Waals surface area contributed by atoms with Crippen molar-refractivity contribution in [3.8, 4) is 0 Å². The maximum Gasteiger partial charge on any atom is 0.238 e. The van der Waals surface area contributed by atoms with Gasteiger partial charge in [0.05, 0.1) is 12.1 Å². The highest BCUT2D eigenvalue weighted by Crippen LogP contribution is 2.57. The third kappa shape index (κ3) is 4.83. The molecule has 1 spiro atoms. The summed E-state index contributed by atoms with van der Waals surface area (Å²) in [5.41, 5.74) is 0.0743. The summed E-state index contributed by atoms with van der Waals surface area (Å²) in [6, 6.07) is 8.23. The van der Waals surface area contributed by atoms with Crippen LogP contribution in [0.2, 0.25) is 10.0 Å². The van der Waals surface area contributed by atoms with E-state index in [0.29, 0.717) is 48.4 Å². The van der Waals surface area contributed by atoms with Crippen molar-refractivity contribution >= 4 is 40.7 Å². The highest BCUT2D eigenvalue weighted by molar-refractivity contribution is 6.31. The molecular weight excluding hydrogens is 528 g/mol. The Morgan fingerprint density at radius 1 is 1.11 bits per heavy atom. The fraction of sp³-hybridized carbons (Fsp3) is 0.517. The van der Waals surface area contributed by atoms with Gasteiger partial charge in [-0.25, -0.2) is 4.39 Å². The minimum atomic E-state index is -1.26. The second kappa shape index (κ2) is 10.1. The molecule has 4 atom stereocenters. The fourth-order valence-electron chi connectivity index (χ4n) is 6.66. The maximum atomic E-state index is 15.7.